The lowest BCUT2D eigenvalue weighted by Gasteiger charge is -2.37. The molecule has 7 rings (SSSR count). The van der Waals surface area contributed by atoms with Gasteiger partial charge in [-0.25, -0.2) is 4.79 Å². The SMILES string of the molecule is CC[C@H](C(=O)N1CCCC[C@H]1C(=O)O[C@H](CCc1ccc(C)c(C)c1)c1cccc(OCC(=O)CCCOCCOCCOCCOCCOCCOCCOCCOCCOCCOCCOCCCC(=O)COc2cccc3c2C(=O)N(C2CCC(=O)NC2=O)C3=O)c1)c1cc(C)c(OC)c(OC)c1. The third kappa shape index (κ3) is 28.7. The summed E-state index contributed by atoms with van der Waals surface area (Å²) in [6.45, 7) is 17.0. The number of imide groups is 2. The van der Waals surface area contributed by atoms with E-state index in [9.17, 15) is 38.4 Å². The number of hydrogen-bond acceptors (Lipinski definition) is 24. The Kier molecular flexibility index (Phi) is 39.1. The van der Waals surface area contributed by atoms with Crippen molar-refractivity contribution >= 4 is 47.1 Å². The summed E-state index contributed by atoms with van der Waals surface area (Å²) in [4.78, 5) is 107. The van der Waals surface area contributed by atoms with Gasteiger partial charge in [-0.05, 0) is 142 Å². The Hall–Kier alpha value is -7.80. The number of nitrogens with one attached hydrogen (secondary N) is 1. The molecule has 0 bridgehead atoms. The number of benzene rings is 4. The van der Waals surface area contributed by atoms with Crippen LogP contribution in [0.3, 0.4) is 0 Å². The molecule has 3 aliphatic rings. The lowest BCUT2D eigenvalue weighted by molar-refractivity contribution is -0.162. The molecule has 4 atom stereocenters. The molecule has 1 N–H and O–H groups in total. The van der Waals surface area contributed by atoms with Crippen molar-refractivity contribution in [2.75, 3.05) is 179 Å². The van der Waals surface area contributed by atoms with Crippen molar-refractivity contribution in [2.45, 2.75) is 129 Å². The van der Waals surface area contributed by atoms with Crippen LogP contribution in [0.25, 0.3) is 0 Å². The highest BCUT2D eigenvalue weighted by atomic mass is 16.6. The maximum Gasteiger partial charge on any atom is 0.329 e. The number of aryl methyl sites for hydroxylation is 4. The smallest absolute Gasteiger partial charge is 0.329 e. The molecule has 0 saturated carbocycles. The van der Waals surface area contributed by atoms with E-state index in [0.29, 0.717) is 208 Å². The van der Waals surface area contributed by atoms with Crippen LogP contribution in [-0.2, 0) is 92.0 Å². The van der Waals surface area contributed by atoms with E-state index < -0.39 is 53.7 Å². The molecule has 3 heterocycles. The molecule has 584 valence electrons. The zero-order valence-corrected chi connectivity index (χ0v) is 62.6. The number of rotatable bonds is 56. The van der Waals surface area contributed by atoms with Gasteiger partial charge in [-0.3, -0.25) is 43.8 Å². The zero-order valence-electron chi connectivity index (χ0n) is 62.6. The van der Waals surface area contributed by atoms with Gasteiger partial charge in [0.2, 0.25) is 17.7 Å². The molecule has 2 fully saturated rings. The Bertz CT molecular complexity index is 3400. The Morgan fingerprint density at radius 2 is 1.07 bits per heavy atom. The van der Waals surface area contributed by atoms with Crippen LogP contribution in [0.2, 0.25) is 0 Å². The fraction of sp³-hybridized carbons (Fsp3) is 0.595. The monoisotopic (exact) mass is 1480 g/mol. The van der Waals surface area contributed by atoms with Crippen LogP contribution in [0.5, 0.6) is 23.0 Å². The van der Waals surface area contributed by atoms with Crippen LogP contribution in [0.4, 0.5) is 0 Å². The highest BCUT2D eigenvalue weighted by molar-refractivity contribution is 6.24. The number of esters is 1. The second kappa shape index (κ2) is 48.5. The highest BCUT2D eigenvalue weighted by Crippen LogP contribution is 2.38. The molecule has 27 nitrogen and oxygen atoms in total. The third-order valence-corrected chi connectivity index (χ3v) is 18.0. The lowest BCUT2D eigenvalue weighted by atomic mass is 9.91. The number of nitrogens with zero attached hydrogens (tertiary/aromatic N) is 2. The predicted molar refractivity (Wildman–Crippen MR) is 388 cm³/mol. The van der Waals surface area contributed by atoms with Crippen molar-refractivity contribution in [1.29, 1.82) is 0 Å². The first-order chi connectivity index (χ1) is 51.6. The van der Waals surface area contributed by atoms with Crippen LogP contribution in [-0.4, -0.2) is 248 Å². The standard InChI is InChI=1S/C79H109N3O24/c1-7-65(61-51-58(4)74(92-6)71(53-61)91-5)76(87)81-27-9-8-19-68(81)79(90)106-69(25-23-59-22-21-56(2)57(3)50-59)60-14-10-17-64(52-60)104-54-62(83)15-12-28-93-30-32-95-34-36-97-38-40-99-42-44-101-46-48-103-49-47-102-45-43-100-41-39-98-37-35-96-33-31-94-29-13-16-63(84)55-105-70-20-11-18-66-73(70)78(89)82(77(66)88)67-24-26-72(85)80-75(67)86/h10-11,14,17-18,20-22,50-53,65,67-69H,7-9,12-13,15-16,19,23-49,54-55H2,1-6H3,(H,80,85,86)/t65-,67?,68-,69+/m0/s1. The predicted octanol–water partition coefficient (Wildman–Crippen LogP) is 8.16. The molecule has 2 saturated heterocycles. The van der Waals surface area contributed by atoms with Gasteiger partial charge in [0.1, 0.15) is 42.9 Å². The second-order valence-electron chi connectivity index (χ2n) is 25.8. The van der Waals surface area contributed by atoms with Crippen LogP contribution in [0.15, 0.2) is 72.8 Å². The number of amides is 5. The average Bonchev–Trinajstić information content (AvgIpc) is 1.60. The normalized spacial score (nSPS) is 15.7. The van der Waals surface area contributed by atoms with Crippen molar-refractivity contribution < 1.29 is 114 Å². The molecule has 4 aromatic rings. The van der Waals surface area contributed by atoms with Gasteiger partial charge in [0, 0.05) is 39.0 Å². The van der Waals surface area contributed by atoms with Gasteiger partial charge in [-0.1, -0.05) is 49.4 Å². The van der Waals surface area contributed by atoms with E-state index in [1.165, 1.54) is 29.3 Å². The topological polar surface area (TPSA) is 303 Å². The highest BCUT2D eigenvalue weighted by Gasteiger charge is 2.46. The Morgan fingerprint density at radius 1 is 0.528 bits per heavy atom. The number of likely N-dealkylation sites (tertiary alicyclic amines) is 1. The Labute approximate surface area is 622 Å². The zero-order chi connectivity index (χ0) is 75.7. The first kappa shape index (κ1) is 85.4. The summed E-state index contributed by atoms with van der Waals surface area (Å²) in [5, 5.41) is 2.16. The van der Waals surface area contributed by atoms with Crippen molar-refractivity contribution in [3.8, 4) is 23.0 Å². The van der Waals surface area contributed by atoms with Crippen molar-refractivity contribution in [3.05, 3.63) is 117 Å². The van der Waals surface area contributed by atoms with Crippen LogP contribution < -0.4 is 24.3 Å². The van der Waals surface area contributed by atoms with Gasteiger partial charge in [0.25, 0.3) is 11.8 Å². The first-order valence-electron chi connectivity index (χ1n) is 37.0. The fourth-order valence-corrected chi connectivity index (χ4v) is 12.3. The van der Waals surface area contributed by atoms with Crippen LogP contribution in [0, 0.1) is 20.8 Å². The van der Waals surface area contributed by atoms with E-state index in [1.807, 2.05) is 44.2 Å². The molecule has 0 radical (unpaired) electrons. The number of fused-ring (bicyclic) bond motifs is 1. The summed E-state index contributed by atoms with van der Waals surface area (Å²) >= 11 is 0. The van der Waals surface area contributed by atoms with Gasteiger partial charge < -0.3 is 80.7 Å². The van der Waals surface area contributed by atoms with Gasteiger partial charge in [-0.2, -0.15) is 0 Å². The van der Waals surface area contributed by atoms with Crippen LogP contribution >= 0.6 is 0 Å². The number of methoxy groups -OCH3 is 2. The average molecular weight is 1480 g/mol. The second-order valence-corrected chi connectivity index (χ2v) is 25.8. The molecule has 4 aromatic carbocycles. The number of carbonyl (C=O) groups is 8. The third-order valence-electron chi connectivity index (χ3n) is 18.0. The van der Waals surface area contributed by atoms with Gasteiger partial charge in [-0.15, -0.1) is 0 Å². The van der Waals surface area contributed by atoms with Crippen LogP contribution in [0.1, 0.15) is 144 Å². The van der Waals surface area contributed by atoms with Crippen molar-refractivity contribution in [3.63, 3.8) is 0 Å². The largest absolute Gasteiger partial charge is 0.493 e. The van der Waals surface area contributed by atoms with Gasteiger partial charge >= 0.3 is 5.97 Å². The summed E-state index contributed by atoms with van der Waals surface area (Å²) in [5.41, 5.74) is 5.96. The number of hydrogen-bond donors (Lipinski definition) is 1. The number of ether oxygens (including phenoxy) is 16. The quantitative estimate of drug-likeness (QED) is 0.0247. The molecule has 3 aliphatic heterocycles. The number of Topliss-reactive ketones (excluding diaryl/α,β-unsaturated/α-hetero) is 2. The molecular formula is C79H109N3O24. The molecule has 0 aromatic heterocycles. The minimum atomic E-state index is -1.10. The summed E-state index contributed by atoms with van der Waals surface area (Å²) in [6, 6.07) is 20.2. The molecule has 0 aliphatic carbocycles. The fourth-order valence-electron chi connectivity index (χ4n) is 12.3. The molecule has 27 heteroatoms. The number of piperidine rings is 2. The molecule has 5 amide bonds. The minimum absolute atomic E-state index is 0.00806. The summed E-state index contributed by atoms with van der Waals surface area (Å²) in [6.07, 6.45) is 4.59. The first-order valence-corrected chi connectivity index (χ1v) is 37.0. The van der Waals surface area contributed by atoms with E-state index in [-0.39, 0.29) is 73.2 Å². The summed E-state index contributed by atoms with van der Waals surface area (Å²) in [5.74, 6) is -2.14. The summed E-state index contributed by atoms with van der Waals surface area (Å²) in [7, 11) is 3.17. The van der Waals surface area contributed by atoms with Crippen molar-refractivity contribution in [1.82, 2.24) is 15.1 Å². The Morgan fingerprint density at radius 3 is 1.58 bits per heavy atom. The lowest BCUT2D eigenvalue weighted by Crippen LogP contribution is -2.54. The molecule has 0 spiro atoms. The number of ketones is 2. The molecule has 1 unspecified atom stereocenters. The van der Waals surface area contributed by atoms with E-state index in [0.717, 1.165) is 40.0 Å². The van der Waals surface area contributed by atoms with Crippen molar-refractivity contribution in [2.24, 2.45) is 0 Å². The maximum absolute atomic E-state index is 14.5. The number of carbonyl (C=O) groups excluding carboxylic acids is 8. The van der Waals surface area contributed by atoms with Gasteiger partial charge in [0.15, 0.2) is 23.1 Å². The van der Waals surface area contributed by atoms with Gasteiger partial charge in [0.05, 0.1) is 163 Å². The maximum atomic E-state index is 14.5. The Balaban J connectivity index is 0.608. The van der Waals surface area contributed by atoms with E-state index >= 15 is 0 Å². The molecular weight excluding hydrogens is 1370 g/mol. The summed E-state index contributed by atoms with van der Waals surface area (Å²) < 4.78 is 90.6. The van der Waals surface area contributed by atoms with E-state index in [2.05, 4.69) is 37.4 Å². The minimum Gasteiger partial charge on any atom is -0.493 e. The van der Waals surface area contributed by atoms with E-state index in [1.54, 1.807) is 25.2 Å². The molecule has 106 heavy (non-hydrogen) atoms. The van der Waals surface area contributed by atoms with E-state index in [4.69, 9.17) is 75.8 Å².